The van der Waals surface area contributed by atoms with Crippen molar-refractivity contribution in [3.05, 3.63) is 0 Å². The zero-order valence-corrected chi connectivity index (χ0v) is 10.5. The summed E-state index contributed by atoms with van der Waals surface area (Å²) < 4.78 is 5.68. The summed E-state index contributed by atoms with van der Waals surface area (Å²) in [6, 6.07) is 0.332. The maximum Gasteiger partial charge on any atom is 0.0753 e. The molecule has 1 aliphatic heterocycles. The first-order chi connectivity index (χ1) is 7.03. The first-order valence-electron chi connectivity index (χ1n) is 6.15. The minimum absolute atomic E-state index is 0.00270. The Balaban J connectivity index is 2.25. The fourth-order valence-corrected chi connectivity index (χ4v) is 2.16. The molecular weight excluding hydrogens is 188 g/mol. The van der Waals surface area contributed by atoms with Crippen LogP contribution in [-0.2, 0) is 4.74 Å². The summed E-state index contributed by atoms with van der Waals surface area (Å²) in [6.45, 7) is 10.4. The van der Waals surface area contributed by atoms with Crippen LogP contribution >= 0.6 is 0 Å². The van der Waals surface area contributed by atoms with E-state index in [1.54, 1.807) is 0 Å². The van der Waals surface area contributed by atoms with Crippen LogP contribution in [0.25, 0.3) is 0 Å². The van der Waals surface area contributed by atoms with Crippen molar-refractivity contribution in [2.45, 2.75) is 51.7 Å². The van der Waals surface area contributed by atoms with Crippen molar-refractivity contribution < 1.29 is 4.74 Å². The van der Waals surface area contributed by atoms with Crippen molar-refractivity contribution in [1.82, 2.24) is 4.90 Å². The molecular formula is C12H26N2O. The van der Waals surface area contributed by atoms with Gasteiger partial charge in [0.15, 0.2) is 0 Å². The molecule has 3 heteroatoms. The summed E-state index contributed by atoms with van der Waals surface area (Å²) in [4.78, 5) is 2.43. The highest BCUT2D eigenvalue weighted by Crippen LogP contribution is 2.16. The molecule has 1 unspecified atom stereocenters. The second-order valence-electron chi connectivity index (χ2n) is 5.25. The maximum absolute atomic E-state index is 6.10. The Morgan fingerprint density at radius 1 is 1.47 bits per heavy atom. The molecule has 1 atom stereocenters. The van der Waals surface area contributed by atoms with Crippen LogP contribution in [-0.4, -0.2) is 42.8 Å². The predicted molar refractivity (Wildman–Crippen MR) is 64.0 cm³/mol. The van der Waals surface area contributed by atoms with Gasteiger partial charge < -0.3 is 10.5 Å². The van der Waals surface area contributed by atoms with Crippen molar-refractivity contribution in [3.8, 4) is 0 Å². The Bertz CT molecular complexity index is 182. The van der Waals surface area contributed by atoms with Gasteiger partial charge in [0.2, 0.25) is 0 Å². The van der Waals surface area contributed by atoms with Crippen LogP contribution in [0.3, 0.4) is 0 Å². The molecule has 0 spiro atoms. The van der Waals surface area contributed by atoms with E-state index in [-0.39, 0.29) is 5.60 Å². The van der Waals surface area contributed by atoms with E-state index in [9.17, 15) is 0 Å². The van der Waals surface area contributed by atoms with Gasteiger partial charge in [0.05, 0.1) is 12.2 Å². The number of rotatable bonds is 5. The molecule has 1 aliphatic rings. The van der Waals surface area contributed by atoms with Crippen molar-refractivity contribution in [2.24, 2.45) is 5.73 Å². The van der Waals surface area contributed by atoms with Gasteiger partial charge in [0.1, 0.15) is 0 Å². The largest absolute Gasteiger partial charge is 0.373 e. The molecule has 0 aromatic rings. The van der Waals surface area contributed by atoms with E-state index in [4.69, 9.17) is 10.5 Å². The fourth-order valence-electron chi connectivity index (χ4n) is 2.16. The number of morpholine rings is 1. The quantitative estimate of drug-likeness (QED) is 0.755. The molecule has 1 heterocycles. The molecule has 0 aliphatic carbocycles. The molecule has 1 saturated heterocycles. The smallest absolute Gasteiger partial charge is 0.0753 e. The molecule has 15 heavy (non-hydrogen) atoms. The van der Waals surface area contributed by atoms with E-state index in [0.717, 1.165) is 32.7 Å². The zero-order valence-electron chi connectivity index (χ0n) is 10.5. The molecule has 0 aromatic carbocycles. The fraction of sp³-hybridized carbons (Fsp3) is 1.00. The normalized spacial score (nSPS) is 24.0. The van der Waals surface area contributed by atoms with E-state index in [1.807, 2.05) is 0 Å². The van der Waals surface area contributed by atoms with Gasteiger partial charge in [-0.25, -0.2) is 0 Å². The first-order valence-corrected chi connectivity index (χ1v) is 6.15. The Kier molecular flexibility index (Phi) is 5.03. The predicted octanol–water partition coefficient (Wildman–Crippen LogP) is 1.61. The van der Waals surface area contributed by atoms with Crippen LogP contribution < -0.4 is 5.73 Å². The third kappa shape index (κ3) is 4.96. The topological polar surface area (TPSA) is 38.5 Å². The molecule has 0 radical (unpaired) electrons. The molecule has 0 bridgehead atoms. The lowest BCUT2D eigenvalue weighted by Gasteiger charge is -2.39. The molecule has 90 valence electrons. The summed E-state index contributed by atoms with van der Waals surface area (Å²) in [7, 11) is 0. The lowest BCUT2D eigenvalue weighted by molar-refractivity contribution is -0.0870. The second-order valence-corrected chi connectivity index (χ2v) is 5.25. The third-order valence-electron chi connectivity index (χ3n) is 2.93. The number of ether oxygens (including phenoxy) is 1. The molecule has 3 nitrogen and oxygen atoms in total. The van der Waals surface area contributed by atoms with Crippen molar-refractivity contribution >= 4 is 0 Å². The van der Waals surface area contributed by atoms with E-state index in [1.165, 1.54) is 12.8 Å². The van der Waals surface area contributed by atoms with Gasteiger partial charge in [-0.2, -0.15) is 0 Å². The van der Waals surface area contributed by atoms with E-state index >= 15 is 0 Å². The van der Waals surface area contributed by atoms with Gasteiger partial charge in [-0.15, -0.1) is 0 Å². The summed E-state index contributed by atoms with van der Waals surface area (Å²) in [5.74, 6) is 0. The molecule has 0 saturated carbocycles. The van der Waals surface area contributed by atoms with E-state index in [2.05, 4.69) is 25.7 Å². The van der Waals surface area contributed by atoms with E-state index < -0.39 is 0 Å². The molecule has 0 aromatic heterocycles. The summed E-state index contributed by atoms with van der Waals surface area (Å²) >= 11 is 0. The number of hydrogen-bond acceptors (Lipinski definition) is 3. The monoisotopic (exact) mass is 214 g/mol. The minimum atomic E-state index is 0.00270. The molecule has 1 fully saturated rings. The van der Waals surface area contributed by atoms with E-state index in [0.29, 0.717) is 6.04 Å². The van der Waals surface area contributed by atoms with Crippen molar-refractivity contribution in [1.29, 1.82) is 0 Å². The lowest BCUT2D eigenvalue weighted by Crippen LogP contribution is -2.51. The first kappa shape index (κ1) is 12.9. The van der Waals surface area contributed by atoms with Crippen LogP contribution in [0.2, 0.25) is 0 Å². The SMILES string of the molecule is CCCCC(N)CN1CCOC(C)(C)C1. The number of hydrogen-bond donors (Lipinski definition) is 1. The van der Waals surface area contributed by atoms with Crippen LogP contribution in [0.15, 0.2) is 0 Å². The van der Waals surface area contributed by atoms with Gasteiger partial charge in [-0.3, -0.25) is 4.90 Å². The van der Waals surface area contributed by atoms with Gasteiger partial charge in [0, 0.05) is 25.7 Å². The Hall–Kier alpha value is -0.120. The van der Waals surface area contributed by atoms with Crippen molar-refractivity contribution in [2.75, 3.05) is 26.2 Å². The highest BCUT2D eigenvalue weighted by atomic mass is 16.5. The maximum atomic E-state index is 6.10. The molecule has 1 rings (SSSR count). The summed E-state index contributed by atoms with van der Waals surface area (Å²) in [5.41, 5.74) is 6.10. The Morgan fingerprint density at radius 3 is 2.80 bits per heavy atom. The van der Waals surface area contributed by atoms with Crippen LogP contribution in [0.5, 0.6) is 0 Å². The Morgan fingerprint density at radius 2 is 2.20 bits per heavy atom. The minimum Gasteiger partial charge on any atom is -0.373 e. The van der Waals surface area contributed by atoms with Crippen LogP contribution in [0.4, 0.5) is 0 Å². The highest BCUT2D eigenvalue weighted by Gasteiger charge is 2.27. The summed E-state index contributed by atoms with van der Waals surface area (Å²) in [5, 5.41) is 0. The van der Waals surface area contributed by atoms with Gasteiger partial charge in [0.25, 0.3) is 0 Å². The second kappa shape index (κ2) is 5.83. The van der Waals surface area contributed by atoms with Crippen LogP contribution in [0.1, 0.15) is 40.0 Å². The molecule has 2 N–H and O–H groups in total. The average Bonchev–Trinajstić information content (AvgIpc) is 2.13. The number of nitrogens with two attached hydrogens (primary N) is 1. The van der Waals surface area contributed by atoms with Crippen LogP contribution in [0, 0.1) is 0 Å². The number of nitrogens with zero attached hydrogens (tertiary/aromatic N) is 1. The summed E-state index contributed by atoms with van der Waals surface area (Å²) in [6.07, 6.45) is 3.63. The third-order valence-corrected chi connectivity index (χ3v) is 2.93. The zero-order chi connectivity index (χ0) is 11.3. The van der Waals surface area contributed by atoms with Gasteiger partial charge in [-0.1, -0.05) is 19.8 Å². The number of unbranched alkanes of at least 4 members (excludes halogenated alkanes) is 1. The average molecular weight is 214 g/mol. The van der Waals surface area contributed by atoms with Crippen molar-refractivity contribution in [3.63, 3.8) is 0 Å². The van der Waals surface area contributed by atoms with Gasteiger partial charge >= 0.3 is 0 Å². The van der Waals surface area contributed by atoms with Gasteiger partial charge in [-0.05, 0) is 20.3 Å². The highest BCUT2D eigenvalue weighted by molar-refractivity contribution is 4.81. The molecule has 0 amide bonds. The standard InChI is InChI=1S/C12H26N2O/c1-4-5-6-11(13)9-14-7-8-15-12(2,3)10-14/h11H,4-10,13H2,1-3H3. The lowest BCUT2D eigenvalue weighted by atomic mass is 10.1. The Labute approximate surface area is 94.0 Å².